The normalized spacial score (nSPS) is 21.1. The summed E-state index contributed by atoms with van der Waals surface area (Å²) in [6, 6.07) is 9.21. The zero-order chi connectivity index (χ0) is 21.2. The number of aliphatic hydroxyl groups is 1. The standard InChI is InChI=1S/C23H26N4O3S/c28-20-4-2-1-3-17(20)26-23-27-18-8-7-15(12-21(18)31-23)30-16-9-10-24-19(11-16)22(29)25-13-14-5-6-14/h7-12,14,17,20,28H,1-6,13H2,(H,25,29)(H,26,27)/t17-,20-/m1/s1. The van der Waals surface area contributed by atoms with Crippen molar-refractivity contribution < 1.29 is 14.6 Å². The Morgan fingerprint density at radius 1 is 1.13 bits per heavy atom. The number of hydrogen-bond donors (Lipinski definition) is 3. The molecule has 7 nitrogen and oxygen atoms in total. The number of benzene rings is 1. The number of ether oxygens (including phenoxy) is 1. The number of carbonyl (C=O) groups is 1. The van der Waals surface area contributed by atoms with Crippen molar-refractivity contribution in [2.24, 2.45) is 5.92 Å². The minimum absolute atomic E-state index is 0.0614. The van der Waals surface area contributed by atoms with E-state index in [9.17, 15) is 9.90 Å². The second kappa shape index (κ2) is 8.80. The second-order valence-electron chi connectivity index (χ2n) is 8.38. The molecule has 0 spiro atoms. The van der Waals surface area contributed by atoms with E-state index in [2.05, 4.69) is 20.6 Å². The van der Waals surface area contributed by atoms with Crippen molar-refractivity contribution in [3.8, 4) is 11.5 Å². The van der Waals surface area contributed by atoms with Crippen LogP contribution in [0.2, 0.25) is 0 Å². The van der Waals surface area contributed by atoms with Gasteiger partial charge < -0.3 is 20.5 Å². The van der Waals surface area contributed by atoms with Crippen molar-refractivity contribution in [2.45, 2.75) is 50.7 Å². The lowest BCUT2D eigenvalue weighted by Crippen LogP contribution is -2.36. The van der Waals surface area contributed by atoms with Crippen molar-refractivity contribution in [3.05, 3.63) is 42.2 Å². The summed E-state index contributed by atoms with van der Waals surface area (Å²) in [6.45, 7) is 0.710. The van der Waals surface area contributed by atoms with Crippen LogP contribution in [0.1, 0.15) is 49.0 Å². The van der Waals surface area contributed by atoms with Gasteiger partial charge in [0.2, 0.25) is 0 Å². The molecule has 0 radical (unpaired) electrons. The van der Waals surface area contributed by atoms with E-state index in [1.807, 2.05) is 18.2 Å². The SMILES string of the molecule is O=C(NCC1CC1)c1cc(Oc2ccc3nc(N[C@@H]4CCCC[C@H]4O)sc3c2)ccn1. The number of hydrogen-bond acceptors (Lipinski definition) is 7. The minimum Gasteiger partial charge on any atom is -0.457 e. The van der Waals surface area contributed by atoms with Gasteiger partial charge >= 0.3 is 0 Å². The highest BCUT2D eigenvalue weighted by Gasteiger charge is 2.24. The molecule has 1 amide bonds. The molecule has 2 heterocycles. The molecule has 2 fully saturated rings. The summed E-state index contributed by atoms with van der Waals surface area (Å²) in [6.07, 6.45) is 7.66. The Bertz CT molecular complexity index is 1080. The summed E-state index contributed by atoms with van der Waals surface area (Å²) in [5, 5.41) is 17.3. The van der Waals surface area contributed by atoms with Gasteiger partial charge in [0.25, 0.3) is 5.91 Å². The number of aliphatic hydroxyl groups excluding tert-OH is 1. The number of aromatic nitrogens is 2. The maximum absolute atomic E-state index is 12.3. The first-order valence-electron chi connectivity index (χ1n) is 10.9. The van der Waals surface area contributed by atoms with Crippen LogP contribution in [0, 0.1) is 5.92 Å². The van der Waals surface area contributed by atoms with Gasteiger partial charge in [0.15, 0.2) is 5.13 Å². The average Bonchev–Trinajstić information content (AvgIpc) is 3.52. The molecule has 0 saturated heterocycles. The van der Waals surface area contributed by atoms with Crippen molar-refractivity contribution >= 4 is 32.6 Å². The molecule has 0 bridgehead atoms. The number of rotatable bonds is 7. The van der Waals surface area contributed by atoms with Gasteiger partial charge in [0, 0.05) is 24.9 Å². The van der Waals surface area contributed by atoms with E-state index in [1.165, 1.54) is 12.8 Å². The second-order valence-corrected chi connectivity index (χ2v) is 9.41. The molecular weight excluding hydrogens is 412 g/mol. The third kappa shape index (κ3) is 4.97. The molecule has 0 aliphatic heterocycles. The molecule has 3 N–H and O–H groups in total. The molecule has 0 unspecified atom stereocenters. The van der Waals surface area contributed by atoms with Crippen LogP contribution in [0.15, 0.2) is 36.5 Å². The largest absolute Gasteiger partial charge is 0.457 e. The van der Waals surface area contributed by atoms with E-state index < -0.39 is 0 Å². The molecule has 1 aromatic carbocycles. The van der Waals surface area contributed by atoms with Crippen LogP contribution in [-0.4, -0.2) is 39.7 Å². The van der Waals surface area contributed by atoms with Gasteiger partial charge in [-0.2, -0.15) is 0 Å². The van der Waals surface area contributed by atoms with Crippen LogP contribution in [-0.2, 0) is 0 Å². The van der Waals surface area contributed by atoms with Crippen LogP contribution in [0.4, 0.5) is 5.13 Å². The molecule has 3 aromatic rings. The third-order valence-electron chi connectivity index (χ3n) is 5.85. The smallest absolute Gasteiger partial charge is 0.270 e. The Morgan fingerprint density at radius 3 is 2.81 bits per heavy atom. The highest BCUT2D eigenvalue weighted by atomic mass is 32.1. The van der Waals surface area contributed by atoms with E-state index in [4.69, 9.17) is 4.74 Å². The van der Waals surface area contributed by atoms with Crippen LogP contribution in [0.5, 0.6) is 11.5 Å². The topological polar surface area (TPSA) is 96.4 Å². The van der Waals surface area contributed by atoms with Crippen molar-refractivity contribution in [1.29, 1.82) is 0 Å². The molecule has 31 heavy (non-hydrogen) atoms. The van der Waals surface area contributed by atoms with Gasteiger partial charge in [-0.25, -0.2) is 4.98 Å². The molecule has 2 aliphatic carbocycles. The number of pyridine rings is 1. The Hall–Kier alpha value is -2.71. The van der Waals surface area contributed by atoms with Crippen LogP contribution < -0.4 is 15.4 Å². The maximum atomic E-state index is 12.3. The van der Waals surface area contributed by atoms with Gasteiger partial charge in [0.05, 0.1) is 22.4 Å². The summed E-state index contributed by atoms with van der Waals surface area (Å²) < 4.78 is 6.99. The van der Waals surface area contributed by atoms with E-state index >= 15 is 0 Å². The lowest BCUT2D eigenvalue weighted by atomic mass is 9.93. The highest BCUT2D eigenvalue weighted by molar-refractivity contribution is 7.22. The lowest BCUT2D eigenvalue weighted by Gasteiger charge is -2.27. The number of carbonyl (C=O) groups excluding carboxylic acids is 1. The maximum Gasteiger partial charge on any atom is 0.270 e. The summed E-state index contributed by atoms with van der Waals surface area (Å²) in [5.74, 6) is 1.70. The van der Waals surface area contributed by atoms with E-state index in [1.54, 1.807) is 29.7 Å². The van der Waals surface area contributed by atoms with Gasteiger partial charge in [-0.15, -0.1) is 0 Å². The van der Waals surface area contributed by atoms with E-state index in [0.717, 1.165) is 41.0 Å². The molecule has 2 saturated carbocycles. The predicted molar refractivity (Wildman–Crippen MR) is 121 cm³/mol. The number of fused-ring (bicyclic) bond motifs is 1. The first-order valence-corrected chi connectivity index (χ1v) is 11.7. The number of nitrogens with one attached hydrogen (secondary N) is 2. The zero-order valence-electron chi connectivity index (χ0n) is 17.2. The Kier molecular flexibility index (Phi) is 5.74. The first-order chi connectivity index (χ1) is 15.1. The summed E-state index contributed by atoms with van der Waals surface area (Å²) in [7, 11) is 0. The summed E-state index contributed by atoms with van der Waals surface area (Å²) >= 11 is 1.55. The fourth-order valence-corrected chi connectivity index (χ4v) is 4.81. The van der Waals surface area contributed by atoms with Gasteiger partial charge in [-0.1, -0.05) is 24.2 Å². The van der Waals surface area contributed by atoms with E-state index in [0.29, 0.717) is 29.7 Å². The third-order valence-corrected chi connectivity index (χ3v) is 6.80. The summed E-state index contributed by atoms with van der Waals surface area (Å²) in [4.78, 5) is 21.1. The molecular formula is C23H26N4O3S. The van der Waals surface area contributed by atoms with Crippen LogP contribution in [0.25, 0.3) is 10.2 Å². The number of thiazole rings is 1. The van der Waals surface area contributed by atoms with Crippen molar-refractivity contribution in [3.63, 3.8) is 0 Å². The van der Waals surface area contributed by atoms with Gasteiger partial charge in [0.1, 0.15) is 17.2 Å². The minimum atomic E-state index is -0.318. The molecule has 162 valence electrons. The van der Waals surface area contributed by atoms with Crippen LogP contribution >= 0.6 is 11.3 Å². The summed E-state index contributed by atoms with van der Waals surface area (Å²) in [5.41, 5.74) is 1.24. The van der Waals surface area contributed by atoms with Gasteiger partial charge in [-0.3, -0.25) is 9.78 Å². The van der Waals surface area contributed by atoms with Gasteiger partial charge in [-0.05, 0) is 49.8 Å². The molecule has 2 atom stereocenters. The number of anilines is 1. The van der Waals surface area contributed by atoms with Crippen molar-refractivity contribution in [1.82, 2.24) is 15.3 Å². The quantitative estimate of drug-likeness (QED) is 0.508. The monoisotopic (exact) mass is 438 g/mol. The Morgan fingerprint density at radius 2 is 1.97 bits per heavy atom. The highest BCUT2D eigenvalue weighted by Crippen LogP contribution is 2.33. The molecule has 8 heteroatoms. The predicted octanol–water partition coefficient (Wildman–Crippen LogP) is 4.34. The molecule has 2 aliphatic rings. The molecule has 5 rings (SSSR count). The van der Waals surface area contributed by atoms with E-state index in [-0.39, 0.29) is 18.1 Å². The first kappa shape index (κ1) is 20.2. The fourth-order valence-electron chi connectivity index (χ4n) is 3.85. The fraction of sp³-hybridized carbons (Fsp3) is 0.435. The lowest BCUT2D eigenvalue weighted by molar-refractivity contribution is 0.0946. The molecule has 2 aromatic heterocycles. The zero-order valence-corrected chi connectivity index (χ0v) is 18.0. The van der Waals surface area contributed by atoms with Crippen molar-refractivity contribution in [2.75, 3.05) is 11.9 Å². The Labute approximate surface area is 184 Å². The number of nitrogens with zero attached hydrogens (tertiary/aromatic N) is 2. The average molecular weight is 439 g/mol. The number of amides is 1. The Balaban J connectivity index is 1.27. The van der Waals surface area contributed by atoms with Crippen LogP contribution in [0.3, 0.4) is 0 Å².